The van der Waals surface area contributed by atoms with Gasteiger partial charge < -0.3 is 20.5 Å². The smallest absolute Gasteiger partial charge is 0.407 e. The molecule has 2 aliphatic carbocycles. The van der Waals surface area contributed by atoms with Crippen molar-refractivity contribution in [2.24, 2.45) is 5.92 Å². The van der Waals surface area contributed by atoms with Gasteiger partial charge in [-0.1, -0.05) is 48.5 Å². The number of ether oxygens (including phenoxy) is 1. The number of rotatable bonds is 7. The van der Waals surface area contributed by atoms with Gasteiger partial charge in [-0.15, -0.1) is 0 Å². The molecule has 7 nitrogen and oxygen atoms in total. The number of carboxylic acids is 1. The quantitative estimate of drug-likeness (QED) is 0.590. The average Bonchev–Trinajstić information content (AvgIpc) is 3.11. The maximum Gasteiger partial charge on any atom is 0.407 e. The van der Waals surface area contributed by atoms with Gasteiger partial charge in [0.1, 0.15) is 6.61 Å². The molecule has 0 aliphatic heterocycles. The molecule has 0 radical (unpaired) electrons. The predicted octanol–water partition coefficient (Wildman–Crippen LogP) is 4.06. The molecule has 1 fully saturated rings. The molecule has 1 saturated carbocycles. The monoisotopic (exact) mass is 450 g/mol. The summed E-state index contributed by atoms with van der Waals surface area (Å²) < 4.78 is 5.54. The van der Waals surface area contributed by atoms with Crippen LogP contribution in [0.2, 0.25) is 0 Å². The first-order valence-electron chi connectivity index (χ1n) is 11.6. The number of carbonyl (C=O) groups is 3. The third kappa shape index (κ3) is 5.35. The summed E-state index contributed by atoms with van der Waals surface area (Å²) in [4.78, 5) is 35.8. The number of carboxylic acid groups (broad SMARTS) is 1. The van der Waals surface area contributed by atoms with Crippen molar-refractivity contribution < 1.29 is 24.2 Å². The van der Waals surface area contributed by atoms with Crippen LogP contribution in [-0.2, 0) is 14.3 Å². The molecule has 0 aromatic heterocycles. The highest BCUT2D eigenvalue weighted by atomic mass is 16.5. The summed E-state index contributed by atoms with van der Waals surface area (Å²) in [5.74, 6) is -1.24. The SMILES string of the molecule is C[C@@H](CC(=O)NC1CCC(C(=O)O)CC1)NC(=O)OCC1c2ccccc2-c2ccccc21. The topological polar surface area (TPSA) is 105 Å². The van der Waals surface area contributed by atoms with Crippen LogP contribution in [-0.4, -0.2) is 41.8 Å². The predicted molar refractivity (Wildman–Crippen MR) is 124 cm³/mol. The fourth-order valence-electron chi connectivity index (χ4n) is 4.94. The first-order valence-corrected chi connectivity index (χ1v) is 11.6. The Labute approximate surface area is 193 Å². The molecule has 0 heterocycles. The third-order valence-electron chi connectivity index (χ3n) is 6.64. The zero-order chi connectivity index (χ0) is 23.4. The summed E-state index contributed by atoms with van der Waals surface area (Å²) in [6.45, 7) is 1.99. The molecule has 2 amide bonds. The van der Waals surface area contributed by atoms with Gasteiger partial charge in [-0.05, 0) is 54.9 Å². The van der Waals surface area contributed by atoms with Crippen LogP contribution in [0, 0.1) is 5.92 Å². The molecule has 7 heteroatoms. The summed E-state index contributed by atoms with van der Waals surface area (Å²) in [5, 5.41) is 14.8. The van der Waals surface area contributed by atoms with Gasteiger partial charge >= 0.3 is 12.1 Å². The van der Waals surface area contributed by atoms with Crippen molar-refractivity contribution in [1.29, 1.82) is 0 Å². The zero-order valence-corrected chi connectivity index (χ0v) is 18.8. The number of amides is 2. The van der Waals surface area contributed by atoms with E-state index < -0.39 is 12.1 Å². The summed E-state index contributed by atoms with van der Waals surface area (Å²) >= 11 is 0. The van der Waals surface area contributed by atoms with Gasteiger partial charge in [-0.25, -0.2) is 4.79 Å². The van der Waals surface area contributed by atoms with Crippen LogP contribution in [0.15, 0.2) is 48.5 Å². The molecular formula is C26H30N2O5. The van der Waals surface area contributed by atoms with Crippen LogP contribution < -0.4 is 10.6 Å². The van der Waals surface area contributed by atoms with Gasteiger partial charge in [0.2, 0.25) is 5.91 Å². The summed E-state index contributed by atoms with van der Waals surface area (Å²) in [6.07, 6.45) is 2.08. The van der Waals surface area contributed by atoms with E-state index in [0.29, 0.717) is 25.7 Å². The average molecular weight is 451 g/mol. The van der Waals surface area contributed by atoms with Gasteiger partial charge in [0.15, 0.2) is 0 Å². The highest BCUT2D eigenvalue weighted by molar-refractivity contribution is 5.79. The molecule has 1 atom stereocenters. The Bertz CT molecular complexity index is 983. The highest BCUT2D eigenvalue weighted by Crippen LogP contribution is 2.44. The van der Waals surface area contributed by atoms with Gasteiger partial charge in [0.25, 0.3) is 0 Å². The molecule has 2 aliphatic rings. The lowest BCUT2D eigenvalue weighted by molar-refractivity contribution is -0.142. The number of benzene rings is 2. The van der Waals surface area contributed by atoms with Crippen LogP contribution in [0.4, 0.5) is 4.79 Å². The van der Waals surface area contributed by atoms with E-state index in [2.05, 4.69) is 34.9 Å². The number of aliphatic carboxylic acids is 1. The lowest BCUT2D eigenvalue weighted by atomic mass is 9.86. The van der Waals surface area contributed by atoms with Crippen molar-refractivity contribution in [2.75, 3.05) is 6.61 Å². The third-order valence-corrected chi connectivity index (χ3v) is 6.64. The molecule has 0 bridgehead atoms. The molecule has 3 N–H and O–H groups in total. The molecule has 0 unspecified atom stereocenters. The van der Waals surface area contributed by atoms with E-state index in [0.717, 1.165) is 11.1 Å². The van der Waals surface area contributed by atoms with Crippen molar-refractivity contribution in [3.05, 3.63) is 59.7 Å². The first-order chi connectivity index (χ1) is 15.9. The van der Waals surface area contributed by atoms with Gasteiger partial charge in [-0.2, -0.15) is 0 Å². The second kappa shape index (κ2) is 10.1. The van der Waals surface area contributed by atoms with Crippen molar-refractivity contribution in [3.63, 3.8) is 0 Å². The molecular weight excluding hydrogens is 420 g/mol. The van der Waals surface area contributed by atoms with Gasteiger partial charge in [0, 0.05) is 24.4 Å². The second-order valence-corrected chi connectivity index (χ2v) is 9.03. The van der Waals surface area contributed by atoms with Crippen molar-refractivity contribution in [1.82, 2.24) is 10.6 Å². The summed E-state index contributed by atoms with van der Waals surface area (Å²) in [7, 11) is 0. The van der Waals surface area contributed by atoms with Gasteiger partial charge in [-0.3, -0.25) is 9.59 Å². The molecule has 0 spiro atoms. The van der Waals surface area contributed by atoms with Gasteiger partial charge in [0.05, 0.1) is 5.92 Å². The lowest BCUT2D eigenvalue weighted by Crippen LogP contribution is -2.42. The van der Waals surface area contributed by atoms with Crippen LogP contribution in [0.5, 0.6) is 0 Å². The number of nitrogens with one attached hydrogen (secondary N) is 2. The van der Waals surface area contributed by atoms with Crippen LogP contribution in [0.3, 0.4) is 0 Å². The Morgan fingerprint density at radius 1 is 0.970 bits per heavy atom. The van der Waals surface area contributed by atoms with E-state index in [1.165, 1.54) is 11.1 Å². The number of hydrogen-bond acceptors (Lipinski definition) is 4. The number of hydrogen-bond donors (Lipinski definition) is 3. The van der Waals surface area contributed by atoms with Crippen LogP contribution in [0.25, 0.3) is 11.1 Å². The lowest BCUT2D eigenvalue weighted by Gasteiger charge is -2.27. The minimum atomic E-state index is -0.763. The fraction of sp³-hybridized carbons (Fsp3) is 0.423. The van der Waals surface area contributed by atoms with Crippen molar-refractivity contribution >= 4 is 18.0 Å². The van der Waals surface area contributed by atoms with E-state index in [1.807, 2.05) is 24.3 Å². The van der Waals surface area contributed by atoms with E-state index in [4.69, 9.17) is 9.84 Å². The normalized spacial score (nSPS) is 20.3. The Kier molecular flexibility index (Phi) is 6.96. The highest BCUT2D eigenvalue weighted by Gasteiger charge is 2.30. The number of alkyl carbamates (subject to hydrolysis) is 1. The van der Waals surface area contributed by atoms with E-state index >= 15 is 0 Å². The first kappa shape index (κ1) is 22.8. The molecule has 174 valence electrons. The molecule has 2 aromatic rings. The minimum absolute atomic E-state index is 0.00486. The molecule has 4 rings (SSSR count). The molecule has 0 saturated heterocycles. The van der Waals surface area contributed by atoms with E-state index in [9.17, 15) is 14.4 Å². The standard InChI is InChI=1S/C26H30N2O5/c1-16(14-24(29)28-18-12-10-17(11-13-18)25(30)31)27-26(32)33-15-23-21-8-4-2-6-19(21)20-7-3-5-9-22(20)23/h2-9,16-18,23H,10-15H2,1H3,(H,27,32)(H,28,29)(H,30,31)/t16-,17?,18?/m0/s1. The fourth-order valence-corrected chi connectivity index (χ4v) is 4.94. The van der Waals surface area contributed by atoms with E-state index in [1.54, 1.807) is 6.92 Å². The number of carbonyl (C=O) groups excluding carboxylic acids is 2. The largest absolute Gasteiger partial charge is 0.481 e. The Hall–Kier alpha value is -3.35. The zero-order valence-electron chi connectivity index (χ0n) is 18.8. The second-order valence-electron chi connectivity index (χ2n) is 9.03. The summed E-state index contributed by atoms with van der Waals surface area (Å²) in [5.41, 5.74) is 4.64. The van der Waals surface area contributed by atoms with Crippen LogP contribution in [0.1, 0.15) is 56.1 Å². The maximum absolute atomic E-state index is 12.4. The maximum atomic E-state index is 12.4. The number of fused-ring (bicyclic) bond motifs is 3. The Morgan fingerprint density at radius 2 is 1.55 bits per heavy atom. The van der Waals surface area contributed by atoms with E-state index in [-0.39, 0.29) is 42.9 Å². The Balaban J connectivity index is 1.23. The minimum Gasteiger partial charge on any atom is -0.481 e. The Morgan fingerprint density at radius 3 is 2.12 bits per heavy atom. The van der Waals surface area contributed by atoms with Crippen LogP contribution >= 0.6 is 0 Å². The summed E-state index contributed by atoms with van der Waals surface area (Å²) in [6, 6.07) is 15.9. The molecule has 33 heavy (non-hydrogen) atoms. The van der Waals surface area contributed by atoms with Crippen molar-refractivity contribution in [3.8, 4) is 11.1 Å². The molecule has 2 aromatic carbocycles. The van der Waals surface area contributed by atoms with Crippen molar-refractivity contribution in [2.45, 2.75) is 57.0 Å².